The summed E-state index contributed by atoms with van der Waals surface area (Å²) in [6, 6.07) is 0. The van der Waals surface area contributed by atoms with Gasteiger partial charge in [-0.1, -0.05) is 20.8 Å². The number of likely N-dealkylation sites (tertiary alicyclic amines) is 1. The van der Waals surface area contributed by atoms with Crippen LogP contribution in [-0.2, 0) is 12.0 Å². The van der Waals surface area contributed by atoms with E-state index in [0.29, 0.717) is 6.54 Å². The van der Waals surface area contributed by atoms with E-state index in [1.807, 2.05) is 0 Å². The Labute approximate surface area is 154 Å². The van der Waals surface area contributed by atoms with Crippen LogP contribution < -0.4 is 5.32 Å². The molecule has 1 aromatic heterocycles. The molecule has 0 unspecified atom stereocenters. The van der Waals surface area contributed by atoms with Crippen LogP contribution in [0.3, 0.4) is 0 Å². The molecule has 0 atom stereocenters. The van der Waals surface area contributed by atoms with Gasteiger partial charge in [0.05, 0.1) is 18.3 Å². The zero-order chi connectivity index (χ0) is 15.5. The third kappa shape index (κ3) is 5.34. The van der Waals surface area contributed by atoms with E-state index in [2.05, 4.69) is 46.3 Å². The van der Waals surface area contributed by atoms with Crippen LogP contribution in [0, 0.1) is 0 Å². The first-order valence-electron chi connectivity index (χ1n) is 7.48. The number of guanidine groups is 1. The van der Waals surface area contributed by atoms with Crippen LogP contribution >= 0.6 is 35.3 Å². The SMILES string of the molecule is CN=C(NCc1nc(C(C)(C)C)cs1)N1CCC(O)CC1.I. The molecule has 2 N–H and O–H groups in total. The number of hydrogen-bond donors (Lipinski definition) is 2. The van der Waals surface area contributed by atoms with Crippen LogP contribution in [0.2, 0.25) is 0 Å². The van der Waals surface area contributed by atoms with Crippen molar-refractivity contribution in [3.8, 4) is 0 Å². The zero-order valence-corrected chi connectivity index (χ0v) is 16.9. The van der Waals surface area contributed by atoms with Crippen LogP contribution in [0.25, 0.3) is 0 Å². The number of aliphatic hydroxyl groups excluding tert-OH is 1. The molecule has 0 radical (unpaired) electrons. The van der Waals surface area contributed by atoms with Crippen molar-refractivity contribution in [2.75, 3.05) is 20.1 Å². The number of hydrogen-bond acceptors (Lipinski definition) is 4. The van der Waals surface area contributed by atoms with Gasteiger partial charge in [0.15, 0.2) is 5.96 Å². The third-order valence-corrected chi connectivity index (χ3v) is 4.54. The van der Waals surface area contributed by atoms with Crippen molar-refractivity contribution in [3.05, 3.63) is 16.1 Å². The van der Waals surface area contributed by atoms with E-state index < -0.39 is 0 Å². The van der Waals surface area contributed by atoms with E-state index in [1.54, 1.807) is 18.4 Å². The second kappa shape index (κ2) is 8.44. The Morgan fingerprint density at radius 3 is 2.59 bits per heavy atom. The van der Waals surface area contributed by atoms with Gasteiger partial charge in [0.25, 0.3) is 0 Å². The molecule has 0 aromatic carbocycles. The van der Waals surface area contributed by atoms with E-state index in [0.717, 1.165) is 42.6 Å². The second-order valence-corrected chi connectivity index (χ2v) is 7.44. The molecule has 1 saturated heterocycles. The van der Waals surface area contributed by atoms with Gasteiger partial charge in [0.1, 0.15) is 5.01 Å². The van der Waals surface area contributed by atoms with Crippen molar-refractivity contribution < 1.29 is 5.11 Å². The normalized spacial score (nSPS) is 17.3. The van der Waals surface area contributed by atoms with Crippen molar-refractivity contribution in [3.63, 3.8) is 0 Å². The molecular weight excluding hydrogens is 411 g/mol. The maximum absolute atomic E-state index is 9.57. The smallest absolute Gasteiger partial charge is 0.193 e. The number of piperidine rings is 1. The Morgan fingerprint density at radius 1 is 1.45 bits per heavy atom. The lowest BCUT2D eigenvalue weighted by molar-refractivity contribution is 0.108. The molecule has 126 valence electrons. The summed E-state index contributed by atoms with van der Waals surface area (Å²) in [5.74, 6) is 0.898. The molecule has 5 nitrogen and oxygen atoms in total. The monoisotopic (exact) mass is 438 g/mol. The molecule has 7 heteroatoms. The highest BCUT2D eigenvalue weighted by atomic mass is 127. The molecule has 22 heavy (non-hydrogen) atoms. The van der Waals surface area contributed by atoms with Gasteiger partial charge in [-0.15, -0.1) is 35.3 Å². The Morgan fingerprint density at radius 2 is 2.09 bits per heavy atom. The zero-order valence-electron chi connectivity index (χ0n) is 13.8. The number of halogens is 1. The third-order valence-electron chi connectivity index (χ3n) is 3.69. The summed E-state index contributed by atoms with van der Waals surface area (Å²) in [4.78, 5) is 11.2. The number of rotatable bonds is 2. The maximum Gasteiger partial charge on any atom is 0.193 e. The lowest BCUT2D eigenvalue weighted by atomic mass is 9.93. The van der Waals surface area contributed by atoms with Crippen LogP contribution in [0.4, 0.5) is 0 Å². The van der Waals surface area contributed by atoms with Crippen molar-refractivity contribution in [1.29, 1.82) is 0 Å². The van der Waals surface area contributed by atoms with E-state index in [9.17, 15) is 5.11 Å². The molecule has 0 saturated carbocycles. The molecule has 2 rings (SSSR count). The summed E-state index contributed by atoms with van der Waals surface area (Å²) in [5.41, 5.74) is 1.24. The fourth-order valence-corrected chi connectivity index (χ4v) is 3.26. The number of nitrogens with zero attached hydrogens (tertiary/aromatic N) is 3. The van der Waals surface area contributed by atoms with E-state index in [4.69, 9.17) is 0 Å². The predicted octanol–water partition coefficient (Wildman–Crippen LogP) is 2.59. The van der Waals surface area contributed by atoms with Gasteiger partial charge < -0.3 is 15.3 Å². The Bertz CT molecular complexity index is 490. The fraction of sp³-hybridized carbons (Fsp3) is 0.733. The first kappa shape index (κ1) is 19.6. The molecule has 1 aliphatic heterocycles. The van der Waals surface area contributed by atoms with Crippen molar-refractivity contribution in [2.24, 2.45) is 4.99 Å². The maximum atomic E-state index is 9.57. The molecular formula is C15H27IN4OS. The topological polar surface area (TPSA) is 60.8 Å². The molecule has 1 aliphatic rings. The number of thiazole rings is 1. The molecule has 1 aromatic rings. The fourth-order valence-electron chi connectivity index (χ4n) is 2.30. The molecule has 2 heterocycles. The Hall–Kier alpha value is -0.410. The average molecular weight is 438 g/mol. The van der Waals surface area contributed by atoms with Gasteiger partial charge in [-0.05, 0) is 12.8 Å². The van der Waals surface area contributed by atoms with E-state index in [-0.39, 0.29) is 35.5 Å². The standard InChI is InChI=1S/C15H26N4OS.HI/c1-15(2,3)12-10-21-13(18-12)9-17-14(16-4)19-7-5-11(20)6-8-19;/h10-11,20H,5-9H2,1-4H3,(H,16,17);1H. The molecule has 0 spiro atoms. The average Bonchev–Trinajstić information content (AvgIpc) is 2.90. The predicted molar refractivity (Wildman–Crippen MR) is 103 cm³/mol. The number of aliphatic imine (C=N–C) groups is 1. The summed E-state index contributed by atoms with van der Waals surface area (Å²) < 4.78 is 0. The van der Waals surface area contributed by atoms with Crippen LogP contribution in [0.5, 0.6) is 0 Å². The minimum absolute atomic E-state index is 0. The first-order valence-corrected chi connectivity index (χ1v) is 8.36. The van der Waals surface area contributed by atoms with Crippen molar-refractivity contribution >= 4 is 41.3 Å². The van der Waals surface area contributed by atoms with Crippen molar-refractivity contribution in [1.82, 2.24) is 15.2 Å². The summed E-state index contributed by atoms with van der Waals surface area (Å²) in [5, 5.41) is 16.2. The molecule has 1 fully saturated rings. The summed E-state index contributed by atoms with van der Waals surface area (Å²) in [6.07, 6.45) is 1.46. The minimum atomic E-state index is -0.160. The molecule has 0 bridgehead atoms. The molecule has 0 aliphatic carbocycles. The lowest BCUT2D eigenvalue weighted by Gasteiger charge is -2.32. The van der Waals surface area contributed by atoms with Gasteiger partial charge >= 0.3 is 0 Å². The second-order valence-electron chi connectivity index (χ2n) is 6.50. The van der Waals surface area contributed by atoms with E-state index in [1.165, 1.54) is 0 Å². The van der Waals surface area contributed by atoms with E-state index >= 15 is 0 Å². The van der Waals surface area contributed by atoms with Crippen LogP contribution in [-0.4, -0.2) is 47.2 Å². The van der Waals surface area contributed by atoms with Gasteiger partial charge in [0, 0.05) is 30.9 Å². The number of aliphatic hydroxyl groups is 1. The first-order chi connectivity index (χ1) is 9.90. The number of nitrogens with one attached hydrogen (secondary N) is 1. The summed E-state index contributed by atoms with van der Waals surface area (Å²) in [6.45, 7) is 8.94. The minimum Gasteiger partial charge on any atom is -0.393 e. The highest BCUT2D eigenvalue weighted by Gasteiger charge is 2.20. The quantitative estimate of drug-likeness (QED) is 0.424. The van der Waals surface area contributed by atoms with Crippen molar-refractivity contribution in [2.45, 2.75) is 51.7 Å². The highest BCUT2D eigenvalue weighted by Crippen LogP contribution is 2.23. The van der Waals surface area contributed by atoms with Crippen LogP contribution in [0.15, 0.2) is 10.4 Å². The Balaban J connectivity index is 0.00000242. The highest BCUT2D eigenvalue weighted by molar-refractivity contribution is 14.0. The lowest BCUT2D eigenvalue weighted by Crippen LogP contribution is -2.46. The summed E-state index contributed by atoms with van der Waals surface area (Å²) >= 11 is 1.69. The number of aromatic nitrogens is 1. The van der Waals surface area contributed by atoms with Gasteiger partial charge in [-0.2, -0.15) is 0 Å². The Kier molecular flexibility index (Phi) is 7.54. The van der Waals surface area contributed by atoms with Crippen LogP contribution in [0.1, 0.15) is 44.3 Å². The van der Waals surface area contributed by atoms with Gasteiger partial charge in [-0.25, -0.2) is 4.98 Å². The van der Waals surface area contributed by atoms with Gasteiger partial charge in [-0.3, -0.25) is 4.99 Å². The summed E-state index contributed by atoms with van der Waals surface area (Å²) in [7, 11) is 1.80. The largest absolute Gasteiger partial charge is 0.393 e. The van der Waals surface area contributed by atoms with Gasteiger partial charge in [0.2, 0.25) is 0 Å². The molecule has 0 amide bonds.